The van der Waals surface area contributed by atoms with Gasteiger partial charge in [-0.1, -0.05) is 31.9 Å². The summed E-state index contributed by atoms with van der Waals surface area (Å²) >= 11 is 0. The number of aliphatic hydroxyl groups excluding tert-OH is 2. The summed E-state index contributed by atoms with van der Waals surface area (Å²) < 4.78 is 17.8. The predicted molar refractivity (Wildman–Crippen MR) is 204 cm³/mol. The van der Waals surface area contributed by atoms with Gasteiger partial charge in [0.25, 0.3) is 0 Å². The van der Waals surface area contributed by atoms with E-state index in [2.05, 4.69) is 0 Å². The van der Waals surface area contributed by atoms with E-state index in [9.17, 15) is 39.0 Å². The average molecular weight is 753 g/mol. The summed E-state index contributed by atoms with van der Waals surface area (Å²) in [6.45, 7) is 9.54. The number of hydrogen-bond acceptors (Lipinski definition) is 11. The van der Waals surface area contributed by atoms with Crippen molar-refractivity contribution in [1.82, 2.24) is 0 Å². The molecule has 0 saturated heterocycles. The molecule has 11 heteroatoms. The van der Waals surface area contributed by atoms with Gasteiger partial charge in [0.15, 0.2) is 34.7 Å². The zero-order chi connectivity index (χ0) is 40.0. The number of fused-ring (bicyclic) bond motifs is 7. The van der Waals surface area contributed by atoms with E-state index in [0.29, 0.717) is 6.61 Å². The molecule has 2 N–H and O–H groups in total. The van der Waals surface area contributed by atoms with Gasteiger partial charge in [0.2, 0.25) is 11.6 Å². The first-order valence-electron chi connectivity index (χ1n) is 18.3. The Balaban J connectivity index is 1.35. The Morgan fingerprint density at radius 1 is 0.554 bits per heavy atom. The number of benzene rings is 3. The molecule has 0 atom stereocenters. The minimum absolute atomic E-state index is 0.175. The lowest BCUT2D eigenvalue weighted by Gasteiger charge is -2.32. The maximum Gasteiger partial charge on any atom is 0.229 e. The Morgan fingerprint density at radius 2 is 1.00 bits per heavy atom. The summed E-state index contributed by atoms with van der Waals surface area (Å²) in [5.74, 6) is -7.61. The van der Waals surface area contributed by atoms with E-state index in [1.807, 2.05) is 6.92 Å². The van der Waals surface area contributed by atoms with Gasteiger partial charge >= 0.3 is 0 Å². The molecule has 0 spiro atoms. The van der Waals surface area contributed by atoms with E-state index >= 15 is 0 Å². The van der Waals surface area contributed by atoms with Crippen LogP contribution >= 0.6 is 0 Å². The fourth-order valence-corrected chi connectivity index (χ4v) is 7.71. The monoisotopic (exact) mass is 752 g/mol. The molecule has 0 amide bonds. The number of Topliss-reactive ketones (excluding diaryl/α,β-unsaturated/α-hetero) is 6. The molecule has 3 aliphatic carbocycles. The topological polar surface area (TPSA) is 171 Å². The van der Waals surface area contributed by atoms with Gasteiger partial charge < -0.3 is 24.4 Å². The van der Waals surface area contributed by atoms with Gasteiger partial charge in [-0.15, -0.1) is 0 Å². The third-order valence-electron chi connectivity index (χ3n) is 10.5. The van der Waals surface area contributed by atoms with E-state index < -0.39 is 79.7 Å². The van der Waals surface area contributed by atoms with E-state index in [0.717, 1.165) is 19.3 Å². The number of rotatable bonds is 7. The standard InChI is InChI=1S/C45H36O11/c1-6-7-8-19-54-21-9-10-22-27(20-21)39(49)33(35-38(48)26-12-14-29-24(16-18-45(4,5)56-29)31(26)41(51)43(35)53)32(36(22)46)34-37(47)25-11-13-28-23(15-17-44(2,3)55-28)30(25)40(50)42(34)52/h9-18,20,52-53H,6-8,19H2,1-5H3. The molecule has 0 saturated carbocycles. The van der Waals surface area contributed by atoms with Crippen molar-refractivity contribution in [2.45, 2.75) is 65.1 Å². The molecule has 11 nitrogen and oxygen atoms in total. The molecule has 3 aromatic carbocycles. The number of aliphatic hydroxyl groups is 2. The van der Waals surface area contributed by atoms with Crippen molar-refractivity contribution in [2.75, 3.05) is 6.61 Å². The van der Waals surface area contributed by atoms with Crippen LogP contribution in [0.2, 0.25) is 0 Å². The largest absolute Gasteiger partial charge is 0.504 e. The summed E-state index contributed by atoms with van der Waals surface area (Å²) in [7, 11) is 0. The van der Waals surface area contributed by atoms with Crippen LogP contribution < -0.4 is 14.2 Å². The minimum atomic E-state index is -1.16. The first-order chi connectivity index (χ1) is 26.5. The first-order valence-corrected chi connectivity index (χ1v) is 18.3. The van der Waals surface area contributed by atoms with Crippen LogP contribution in [0.1, 0.15) is 127 Å². The summed E-state index contributed by atoms with van der Waals surface area (Å²) in [5, 5.41) is 23.3. The highest BCUT2D eigenvalue weighted by atomic mass is 16.5. The molecule has 0 fully saturated rings. The molecule has 5 aliphatic rings. The van der Waals surface area contributed by atoms with Crippen molar-refractivity contribution in [1.29, 1.82) is 0 Å². The van der Waals surface area contributed by atoms with Crippen molar-refractivity contribution in [3.8, 4) is 17.2 Å². The van der Waals surface area contributed by atoms with E-state index in [-0.39, 0.29) is 61.8 Å². The van der Waals surface area contributed by atoms with Crippen LogP contribution in [0.4, 0.5) is 0 Å². The van der Waals surface area contributed by atoms with Crippen molar-refractivity contribution in [2.24, 2.45) is 0 Å². The average Bonchev–Trinajstić information content (AvgIpc) is 3.15. The van der Waals surface area contributed by atoms with E-state index in [1.165, 1.54) is 42.5 Å². The number of hydrogen-bond donors (Lipinski definition) is 2. The second kappa shape index (κ2) is 12.7. The molecule has 8 rings (SSSR count). The number of allylic oxidation sites excluding steroid dienone is 6. The SMILES string of the molecule is CCCCCOc1ccc2c(c1)C(=O)C(C1=C(O)C(=O)c3c(ccc4c3C=CC(C)(C)O4)C1=O)=C(C1=C(O)C(=O)c3c(ccc4c3C=CC(C)(C)O4)C1=O)C2=O. The smallest absolute Gasteiger partial charge is 0.229 e. The highest BCUT2D eigenvalue weighted by Gasteiger charge is 2.48. The minimum Gasteiger partial charge on any atom is -0.504 e. The molecule has 2 heterocycles. The first kappa shape index (κ1) is 36.4. The maximum absolute atomic E-state index is 14.8. The molecule has 0 bridgehead atoms. The van der Waals surface area contributed by atoms with Crippen LogP contribution in [0.25, 0.3) is 12.2 Å². The number of unbranched alkanes of at least 4 members (excludes halogenated alkanes) is 2. The lowest BCUT2D eigenvalue weighted by Crippen LogP contribution is -2.35. The third kappa shape index (κ3) is 5.48. The van der Waals surface area contributed by atoms with Gasteiger partial charge in [0.1, 0.15) is 28.5 Å². The van der Waals surface area contributed by atoms with Crippen LogP contribution in [0.5, 0.6) is 17.2 Å². The molecule has 3 aromatic rings. The van der Waals surface area contributed by atoms with Crippen LogP contribution in [0.3, 0.4) is 0 Å². The Bertz CT molecular complexity index is 2580. The molecular formula is C45H36O11. The van der Waals surface area contributed by atoms with Gasteiger partial charge in [-0.05, 0) is 88.7 Å². The van der Waals surface area contributed by atoms with Gasteiger partial charge in [-0.25, -0.2) is 0 Å². The van der Waals surface area contributed by atoms with Gasteiger partial charge in [0, 0.05) is 55.7 Å². The maximum atomic E-state index is 14.8. The van der Waals surface area contributed by atoms with Crippen molar-refractivity contribution < 1.29 is 53.2 Å². The van der Waals surface area contributed by atoms with Gasteiger partial charge in [-0.3, -0.25) is 28.8 Å². The second-order valence-electron chi connectivity index (χ2n) is 15.3. The molecule has 56 heavy (non-hydrogen) atoms. The highest BCUT2D eigenvalue weighted by molar-refractivity contribution is 6.41. The fraction of sp³-hybridized carbons (Fsp3) is 0.244. The molecule has 282 valence electrons. The Morgan fingerprint density at radius 3 is 1.48 bits per heavy atom. The van der Waals surface area contributed by atoms with E-state index in [1.54, 1.807) is 52.0 Å². The fourth-order valence-electron chi connectivity index (χ4n) is 7.71. The van der Waals surface area contributed by atoms with Gasteiger partial charge in [0.05, 0.1) is 17.8 Å². The Labute approximate surface area is 321 Å². The van der Waals surface area contributed by atoms with Crippen molar-refractivity contribution in [3.05, 3.63) is 133 Å². The number of ketones is 6. The predicted octanol–water partition coefficient (Wildman–Crippen LogP) is 8.08. The van der Waals surface area contributed by atoms with Crippen molar-refractivity contribution in [3.63, 3.8) is 0 Å². The van der Waals surface area contributed by atoms with Crippen LogP contribution in [-0.4, -0.2) is 62.7 Å². The summed E-state index contributed by atoms with van der Waals surface area (Å²) in [6, 6.07) is 9.72. The Hall–Kier alpha value is -6.62. The van der Waals surface area contributed by atoms with Crippen LogP contribution in [0, 0.1) is 0 Å². The van der Waals surface area contributed by atoms with Crippen LogP contribution in [-0.2, 0) is 0 Å². The number of carbonyl (C=O) groups is 6. The highest BCUT2D eigenvalue weighted by Crippen LogP contribution is 2.46. The van der Waals surface area contributed by atoms with Crippen molar-refractivity contribution >= 4 is 46.9 Å². The lowest BCUT2D eigenvalue weighted by atomic mass is 9.71. The zero-order valence-electron chi connectivity index (χ0n) is 31.2. The second-order valence-corrected chi connectivity index (χ2v) is 15.3. The molecule has 0 radical (unpaired) electrons. The quantitative estimate of drug-likeness (QED) is 0.224. The lowest BCUT2D eigenvalue weighted by molar-refractivity contribution is 0.0911. The number of carbonyl (C=O) groups excluding carboxylic acids is 6. The summed E-state index contributed by atoms with van der Waals surface area (Å²) in [5.41, 5.74) is -5.50. The van der Waals surface area contributed by atoms with E-state index in [4.69, 9.17) is 14.2 Å². The zero-order valence-corrected chi connectivity index (χ0v) is 31.2. The Kier molecular flexibility index (Phi) is 8.26. The molecule has 0 aromatic heterocycles. The summed E-state index contributed by atoms with van der Waals surface area (Å²) in [6.07, 6.45) is 9.14. The summed E-state index contributed by atoms with van der Waals surface area (Å²) in [4.78, 5) is 86.9. The van der Waals surface area contributed by atoms with Crippen LogP contribution in [0.15, 0.2) is 88.4 Å². The number of ether oxygens (including phenoxy) is 3. The molecule has 2 aliphatic heterocycles. The van der Waals surface area contributed by atoms with Gasteiger partial charge in [-0.2, -0.15) is 0 Å². The molecule has 0 unspecified atom stereocenters. The third-order valence-corrected chi connectivity index (χ3v) is 10.5. The normalized spacial score (nSPS) is 18.9. The molecular weight excluding hydrogens is 716 g/mol.